The van der Waals surface area contributed by atoms with Crippen molar-refractivity contribution in [2.75, 3.05) is 0 Å². The molecule has 0 nitrogen and oxygen atoms in total. The van der Waals surface area contributed by atoms with Gasteiger partial charge in [0.15, 0.2) is 0 Å². The highest BCUT2D eigenvalue weighted by Crippen LogP contribution is 2.24. The van der Waals surface area contributed by atoms with E-state index in [1.165, 1.54) is 11.1 Å². The molecule has 1 aliphatic carbocycles. The molecule has 92 valence electrons. The molecular formula is C17H24. The van der Waals surface area contributed by atoms with Gasteiger partial charge in [0.1, 0.15) is 0 Å². The van der Waals surface area contributed by atoms with Crippen LogP contribution in [0.4, 0.5) is 0 Å². The highest BCUT2D eigenvalue weighted by Gasteiger charge is 2.14. The van der Waals surface area contributed by atoms with Gasteiger partial charge in [-0.15, -0.1) is 0 Å². The summed E-state index contributed by atoms with van der Waals surface area (Å²) in [6, 6.07) is 8.69. The highest BCUT2D eigenvalue weighted by atomic mass is 14.2. The molecule has 0 aromatic heterocycles. The van der Waals surface area contributed by atoms with Crippen molar-refractivity contribution in [3.05, 3.63) is 59.7 Å². The Morgan fingerprint density at radius 1 is 1.00 bits per heavy atom. The molecule has 0 radical (unpaired) electrons. The van der Waals surface area contributed by atoms with Crippen LogP contribution in [-0.2, 0) is 6.42 Å². The first-order valence-corrected chi connectivity index (χ1v) is 6.67. The summed E-state index contributed by atoms with van der Waals surface area (Å²) < 4.78 is 0. The second-order valence-corrected chi connectivity index (χ2v) is 4.42. The van der Waals surface area contributed by atoms with Crippen LogP contribution in [0.5, 0.6) is 0 Å². The maximum Gasteiger partial charge on any atom is -0.0129 e. The van der Waals surface area contributed by atoms with Crippen molar-refractivity contribution < 1.29 is 0 Å². The zero-order valence-electron chi connectivity index (χ0n) is 11.5. The van der Waals surface area contributed by atoms with Crippen LogP contribution in [0, 0.1) is 18.8 Å². The SMILES string of the molecule is CC.Cc1ccccc1CC1C=CC=CC1C. The topological polar surface area (TPSA) is 0 Å². The van der Waals surface area contributed by atoms with E-state index in [4.69, 9.17) is 0 Å². The number of rotatable bonds is 2. The summed E-state index contributed by atoms with van der Waals surface area (Å²) in [5, 5.41) is 0. The molecule has 1 aromatic carbocycles. The predicted octanol–water partition coefficient (Wildman–Crippen LogP) is 4.94. The normalized spacial score (nSPS) is 21.9. The molecule has 1 aliphatic rings. The van der Waals surface area contributed by atoms with Gasteiger partial charge in [-0.1, -0.05) is 69.3 Å². The summed E-state index contributed by atoms with van der Waals surface area (Å²) in [5.41, 5.74) is 2.89. The fourth-order valence-electron chi connectivity index (χ4n) is 2.11. The molecule has 0 fully saturated rings. The van der Waals surface area contributed by atoms with Crippen molar-refractivity contribution in [3.8, 4) is 0 Å². The van der Waals surface area contributed by atoms with Crippen molar-refractivity contribution in [1.29, 1.82) is 0 Å². The number of hydrogen-bond donors (Lipinski definition) is 0. The van der Waals surface area contributed by atoms with Crippen LogP contribution in [0.15, 0.2) is 48.6 Å². The Balaban J connectivity index is 0.000000686. The minimum Gasteiger partial charge on any atom is -0.0811 e. The van der Waals surface area contributed by atoms with Gasteiger partial charge in [-0.2, -0.15) is 0 Å². The second kappa shape index (κ2) is 7.11. The molecule has 0 N–H and O–H groups in total. The summed E-state index contributed by atoms with van der Waals surface area (Å²) in [6.45, 7) is 8.49. The van der Waals surface area contributed by atoms with E-state index in [0.29, 0.717) is 11.8 Å². The van der Waals surface area contributed by atoms with E-state index in [0.717, 1.165) is 6.42 Å². The molecule has 0 amide bonds. The van der Waals surface area contributed by atoms with Gasteiger partial charge in [-0.25, -0.2) is 0 Å². The molecule has 0 saturated carbocycles. The summed E-state index contributed by atoms with van der Waals surface area (Å²) in [5.74, 6) is 1.32. The average Bonchev–Trinajstić information content (AvgIpc) is 2.37. The van der Waals surface area contributed by atoms with Crippen LogP contribution in [0.3, 0.4) is 0 Å². The quantitative estimate of drug-likeness (QED) is 0.672. The molecule has 2 atom stereocenters. The Bertz CT molecular complexity index is 385. The molecule has 0 heteroatoms. The molecular weight excluding hydrogens is 204 g/mol. The minimum absolute atomic E-state index is 0.662. The Hall–Kier alpha value is -1.30. The predicted molar refractivity (Wildman–Crippen MR) is 77.2 cm³/mol. The number of benzene rings is 1. The number of hydrogen-bond acceptors (Lipinski definition) is 0. The Labute approximate surface area is 106 Å². The molecule has 0 bridgehead atoms. The molecule has 2 unspecified atom stereocenters. The van der Waals surface area contributed by atoms with Crippen molar-refractivity contribution in [2.24, 2.45) is 11.8 Å². The Morgan fingerprint density at radius 3 is 2.29 bits per heavy atom. The molecule has 0 saturated heterocycles. The average molecular weight is 228 g/mol. The molecule has 1 aromatic rings. The van der Waals surface area contributed by atoms with Crippen LogP contribution in [0.2, 0.25) is 0 Å². The number of aryl methyl sites for hydroxylation is 1. The molecule has 0 aliphatic heterocycles. The van der Waals surface area contributed by atoms with E-state index in [-0.39, 0.29) is 0 Å². The van der Waals surface area contributed by atoms with Gasteiger partial charge < -0.3 is 0 Å². The lowest BCUT2D eigenvalue weighted by Gasteiger charge is -2.21. The van der Waals surface area contributed by atoms with E-state index in [1.54, 1.807) is 0 Å². The fourth-order valence-corrected chi connectivity index (χ4v) is 2.11. The minimum atomic E-state index is 0.662. The third-order valence-electron chi connectivity index (χ3n) is 3.28. The van der Waals surface area contributed by atoms with E-state index in [1.807, 2.05) is 13.8 Å². The molecule has 0 heterocycles. The first-order chi connectivity index (χ1) is 8.27. The van der Waals surface area contributed by atoms with Gasteiger partial charge in [0, 0.05) is 0 Å². The van der Waals surface area contributed by atoms with Gasteiger partial charge in [0.05, 0.1) is 0 Å². The first kappa shape index (κ1) is 13.8. The van der Waals surface area contributed by atoms with Gasteiger partial charge >= 0.3 is 0 Å². The summed E-state index contributed by atoms with van der Waals surface area (Å²) in [7, 11) is 0. The summed E-state index contributed by atoms with van der Waals surface area (Å²) in [6.07, 6.45) is 10.1. The lowest BCUT2D eigenvalue weighted by Crippen LogP contribution is -2.12. The Kier molecular flexibility index (Phi) is 5.76. The van der Waals surface area contributed by atoms with Crippen molar-refractivity contribution >= 4 is 0 Å². The maximum absolute atomic E-state index is 2.33. The van der Waals surface area contributed by atoms with E-state index in [9.17, 15) is 0 Å². The van der Waals surface area contributed by atoms with Gasteiger partial charge in [0.2, 0.25) is 0 Å². The van der Waals surface area contributed by atoms with E-state index >= 15 is 0 Å². The van der Waals surface area contributed by atoms with E-state index in [2.05, 4.69) is 62.4 Å². The van der Waals surface area contributed by atoms with Crippen molar-refractivity contribution in [2.45, 2.75) is 34.1 Å². The first-order valence-electron chi connectivity index (χ1n) is 6.67. The lowest BCUT2D eigenvalue weighted by molar-refractivity contribution is 0.503. The van der Waals surface area contributed by atoms with Crippen molar-refractivity contribution in [1.82, 2.24) is 0 Å². The molecule has 0 spiro atoms. The summed E-state index contributed by atoms with van der Waals surface area (Å²) >= 11 is 0. The second-order valence-electron chi connectivity index (χ2n) is 4.42. The van der Waals surface area contributed by atoms with Crippen molar-refractivity contribution in [3.63, 3.8) is 0 Å². The van der Waals surface area contributed by atoms with Crippen LogP contribution in [-0.4, -0.2) is 0 Å². The van der Waals surface area contributed by atoms with E-state index < -0.39 is 0 Å². The highest BCUT2D eigenvalue weighted by molar-refractivity contribution is 5.27. The largest absolute Gasteiger partial charge is 0.0811 e. The van der Waals surface area contributed by atoms with Gasteiger partial charge in [0.25, 0.3) is 0 Å². The Morgan fingerprint density at radius 2 is 1.65 bits per heavy atom. The summed E-state index contributed by atoms with van der Waals surface area (Å²) in [4.78, 5) is 0. The molecule has 17 heavy (non-hydrogen) atoms. The third kappa shape index (κ3) is 3.89. The lowest BCUT2D eigenvalue weighted by atomic mass is 9.84. The zero-order chi connectivity index (χ0) is 12.7. The smallest absolute Gasteiger partial charge is 0.0129 e. The molecule has 2 rings (SSSR count). The third-order valence-corrected chi connectivity index (χ3v) is 3.28. The number of allylic oxidation sites excluding steroid dienone is 4. The van der Waals surface area contributed by atoms with Gasteiger partial charge in [-0.3, -0.25) is 0 Å². The van der Waals surface area contributed by atoms with Gasteiger partial charge in [-0.05, 0) is 36.3 Å². The zero-order valence-corrected chi connectivity index (χ0v) is 11.5. The van der Waals surface area contributed by atoms with Crippen LogP contribution in [0.25, 0.3) is 0 Å². The maximum atomic E-state index is 2.33. The fraction of sp³-hybridized carbons (Fsp3) is 0.412. The van der Waals surface area contributed by atoms with Crippen LogP contribution in [0.1, 0.15) is 31.9 Å². The standard InChI is InChI=1S/C15H18.C2H6/c1-12-7-3-5-9-14(12)11-15-10-6-4-8-13(15)2;1-2/h3-10,12,14H,11H2,1-2H3;1-2H3. The van der Waals surface area contributed by atoms with Crippen LogP contribution >= 0.6 is 0 Å². The van der Waals surface area contributed by atoms with Crippen LogP contribution < -0.4 is 0 Å². The monoisotopic (exact) mass is 228 g/mol.